The first-order chi connectivity index (χ1) is 7.27. The molecule has 0 aliphatic rings. The van der Waals surface area contributed by atoms with E-state index in [0.717, 1.165) is 13.0 Å². The summed E-state index contributed by atoms with van der Waals surface area (Å²) < 4.78 is 37.4. The van der Waals surface area contributed by atoms with Gasteiger partial charge in [-0.25, -0.2) is 0 Å². The van der Waals surface area contributed by atoms with E-state index in [0.29, 0.717) is 6.07 Å². The van der Waals surface area contributed by atoms with Crippen molar-refractivity contribution in [3.63, 3.8) is 0 Å². The molecule has 1 rings (SSSR count). The van der Waals surface area contributed by atoms with E-state index >= 15 is 0 Å². The third-order valence-electron chi connectivity index (χ3n) is 1.91. The number of carbonyl (C=O) groups is 1. The molecule has 0 saturated heterocycles. The van der Waals surface area contributed by atoms with Crippen molar-refractivity contribution in [1.29, 1.82) is 5.26 Å². The number of hydrogen-bond acceptors (Lipinski definition) is 2. The minimum atomic E-state index is -4.66. The van der Waals surface area contributed by atoms with E-state index in [-0.39, 0.29) is 10.6 Å². The largest absolute Gasteiger partial charge is 0.417 e. The van der Waals surface area contributed by atoms with Crippen molar-refractivity contribution >= 4 is 17.4 Å². The van der Waals surface area contributed by atoms with Crippen molar-refractivity contribution in [3.05, 3.63) is 33.8 Å². The zero-order valence-electron chi connectivity index (χ0n) is 8.02. The Balaban J connectivity index is 3.52. The number of nitrogens with zero attached hydrogens (tertiary/aromatic N) is 1. The Morgan fingerprint density at radius 1 is 1.44 bits per heavy atom. The van der Waals surface area contributed by atoms with Gasteiger partial charge in [0.15, 0.2) is 5.78 Å². The maximum Gasteiger partial charge on any atom is 0.417 e. The lowest BCUT2D eigenvalue weighted by molar-refractivity contribution is -0.137. The molecule has 6 heteroatoms. The summed E-state index contributed by atoms with van der Waals surface area (Å²) in [5.74, 6) is -0.491. The van der Waals surface area contributed by atoms with Crippen molar-refractivity contribution in [1.82, 2.24) is 0 Å². The van der Waals surface area contributed by atoms with E-state index < -0.39 is 23.1 Å². The molecule has 0 aliphatic heterocycles. The highest BCUT2D eigenvalue weighted by Gasteiger charge is 2.34. The number of Topliss-reactive ketones (excluding diaryl/α,β-unsaturated/α-hetero) is 1. The Hall–Kier alpha value is -1.54. The predicted molar refractivity (Wildman–Crippen MR) is 51.2 cm³/mol. The van der Waals surface area contributed by atoms with Gasteiger partial charge in [0, 0.05) is 5.56 Å². The molecular formula is C10H5ClF3NO. The van der Waals surface area contributed by atoms with Gasteiger partial charge in [0.05, 0.1) is 22.2 Å². The van der Waals surface area contributed by atoms with Gasteiger partial charge in [-0.15, -0.1) is 0 Å². The Kier molecular flexibility index (Phi) is 3.24. The number of alkyl halides is 3. The van der Waals surface area contributed by atoms with Crippen molar-refractivity contribution in [3.8, 4) is 6.07 Å². The molecule has 0 spiro atoms. The lowest BCUT2D eigenvalue weighted by atomic mass is 10.0. The Labute approximate surface area is 94.2 Å². The van der Waals surface area contributed by atoms with Crippen LogP contribution in [0.5, 0.6) is 0 Å². The lowest BCUT2D eigenvalue weighted by Gasteiger charge is -2.10. The highest BCUT2D eigenvalue weighted by atomic mass is 35.5. The van der Waals surface area contributed by atoms with E-state index in [1.54, 1.807) is 0 Å². The number of hydrogen-bond donors (Lipinski definition) is 0. The molecule has 1 aromatic carbocycles. The fourth-order valence-electron chi connectivity index (χ4n) is 1.17. The summed E-state index contributed by atoms with van der Waals surface area (Å²) in [7, 11) is 0. The van der Waals surface area contributed by atoms with Crippen LogP contribution in [0.4, 0.5) is 13.2 Å². The van der Waals surface area contributed by atoms with Gasteiger partial charge in [0.25, 0.3) is 0 Å². The SMILES string of the molecule is CC(=O)c1cc(C#N)c(C(F)(F)F)cc1Cl. The average molecular weight is 248 g/mol. The molecule has 0 fully saturated rings. The van der Waals surface area contributed by atoms with E-state index in [4.69, 9.17) is 16.9 Å². The molecular weight excluding hydrogens is 243 g/mol. The standard InChI is InChI=1S/C10H5ClF3NO/c1-5(16)7-2-6(4-15)8(3-9(7)11)10(12,13)14/h2-3H,1H3. The maximum absolute atomic E-state index is 12.5. The first kappa shape index (κ1) is 12.5. The Bertz CT molecular complexity index is 488. The number of benzene rings is 1. The first-order valence-corrected chi connectivity index (χ1v) is 4.47. The third-order valence-corrected chi connectivity index (χ3v) is 2.23. The van der Waals surface area contributed by atoms with Crippen LogP contribution in [0.2, 0.25) is 5.02 Å². The summed E-state index contributed by atoms with van der Waals surface area (Å²) in [6, 6.07) is 2.84. The third kappa shape index (κ3) is 2.34. The molecule has 0 radical (unpaired) electrons. The summed E-state index contributed by atoms with van der Waals surface area (Å²) in [5, 5.41) is 8.27. The van der Waals surface area contributed by atoms with Crippen LogP contribution in [0.15, 0.2) is 12.1 Å². The average Bonchev–Trinajstić information content (AvgIpc) is 2.15. The monoisotopic (exact) mass is 247 g/mol. The summed E-state index contributed by atoms with van der Waals surface area (Å²) >= 11 is 5.53. The smallest absolute Gasteiger partial charge is 0.294 e. The van der Waals surface area contributed by atoms with Gasteiger partial charge in [0.2, 0.25) is 0 Å². The van der Waals surface area contributed by atoms with Crippen LogP contribution in [-0.4, -0.2) is 5.78 Å². The number of halogens is 4. The first-order valence-electron chi connectivity index (χ1n) is 4.09. The van der Waals surface area contributed by atoms with Gasteiger partial charge in [-0.05, 0) is 19.1 Å². The molecule has 0 saturated carbocycles. The van der Waals surface area contributed by atoms with Crippen LogP contribution in [0.25, 0.3) is 0 Å². The van der Waals surface area contributed by atoms with Crippen LogP contribution < -0.4 is 0 Å². The van der Waals surface area contributed by atoms with Crippen LogP contribution in [0.1, 0.15) is 28.4 Å². The molecule has 16 heavy (non-hydrogen) atoms. The minimum Gasteiger partial charge on any atom is -0.294 e. The van der Waals surface area contributed by atoms with E-state index in [9.17, 15) is 18.0 Å². The molecule has 0 heterocycles. The van der Waals surface area contributed by atoms with Crippen molar-refractivity contribution < 1.29 is 18.0 Å². The molecule has 0 unspecified atom stereocenters. The zero-order valence-corrected chi connectivity index (χ0v) is 8.78. The highest BCUT2D eigenvalue weighted by molar-refractivity contribution is 6.34. The van der Waals surface area contributed by atoms with Gasteiger partial charge in [-0.2, -0.15) is 18.4 Å². The van der Waals surface area contributed by atoms with Crippen molar-refractivity contribution in [2.45, 2.75) is 13.1 Å². The molecule has 1 aromatic rings. The number of ketones is 1. The summed E-state index contributed by atoms with van der Waals surface area (Å²) in [6.45, 7) is 1.16. The molecule has 0 aliphatic carbocycles. The fraction of sp³-hybridized carbons (Fsp3) is 0.200. The summed E-state index contributed by atoms with van der Waals surface area (Å²) in [4.78, 5) is 11.0. The summed E-state index contributed by atoms with van der Waals surface area (Å²) in [6.07, 6.45) is -4.66. The minimum absolute atomic E-state index is 0.0915. The van der Waals surface area contributed by atoms with Gasteiger partial charge < -0.3 is 0 Å². The van der Waals surface area contributed by atoms with E-state index in [1.165, 1.54) is 6.07 Å². The van der Waals surface area contributed by atoms with Crippen LogP contribution in [0, 0.1) is 11.3 Å². The zero-order chi connectivity index (χ0) is 12.5. The fourth-order valence-corrected chi connectivity index (χ4v) is 1.47. The molecule has 0 N–H and O–H groups in total. The normalized spacial score (nSPS) is 11.0. The van der Waals surface area contributed by atoms with Crippen molar-refractivity contribution in [2.75, 3.05) is 0 Å². The van der Waals surface area contributed by atoms with Crippen LogP contribution in [-0.2, 0) is 6.18 Å². The van der Waals surface area contributed by atoms with Crippen LogP contribution >= 0.6 is 11.6 Å². The number of rotatable bonds is 1. The number of nitriles is 1. The molecule has 0 aromatic heterocycles. The molecule has 0 amide bonds. The molecule has 84 valence electrons. The molecule has 0 atom stereocenters. The maximum atomic E-state index is 12.5. The molecule has 2 nitrogen and oxygen atoms in total. The second kappa shape index (κ2) is 4.14. The predicted octanol–water partition coefficient (Wildman–Crippen LogP) is 3.43. The second-order valence-corrected chi connectivity index (χ2v) is 3.45. The Morgan fingerprint density at radius 2 is 2.00 bits per heavy atom. The van der Waals surface area contributed by atoms with Crippen LogP contribution in [0.3, 0.4) is 0 Å². The number of carbonyl (C=O) groups excluding carboxylic acids is 1. The van der Waals surface area contributed by atoms with Gasteiger partial charge in [-0.1, -0.05) is 11.6 Å². The van der Waals surface area contributed by atoms with Gasteiger partial charge in [0.1, 0.15) is 0 Å². The quantitative estimate of drug-likeness (QED) is 0.714. The summed E-state index contributed by atoms with van der Waals surface area (Å²) in [5.41, 5.74) is -1.83. The molecule has 0 bridgehead atoms. The second-order valence-electron chi connectivity index (χ2n) is 3.04. The van der Waals surface area contributed by atoms with E-state index in [2.05, 4.69) is 0 Å². The topological polar surface area (TPSA) is 40.9 Å². The van der Waals surface area contributed by atoms with Crippen molar-refractivity contribution in [2.24, 2.45) is 0 Å². The lowest BCUT2D eigenvalue weighted by Crippen LogP contribution is -2.09. The van der Waals surface area contributed by atoms with E-state index in [1.807, 2.05) is 0 Å². The Morgan fingerprint density at radius 3 is 2.38 bits per heavy atom. The van der Waals surface area contributed by atoms with Gasteiger partial charge >= 0.3 is 6.18 Å². The highest BCUT2D eigenvalue weighted by Crippen LogP contribution is 2.35. The van der Waals surface area contributed by atoms with Gasteiger partial charge in [-0.3, -0.25) is 4.79 Å².